The number of nitrogens with zero attached hydrogens (tertiary/aromatic N) is 2. The third-order valence-corrected chi connectivity index (χ3v) is 6.51. The lowest BCUT2D eigenvalue weighted by Gasteiger charge is -2.32. The van der Waals surface area contributed by atoms with Crippen molar-refractivity contribution in [3.05, 3.63) is 35.9 Å². The Bertz CT molecular complexity index is 707. The number of rotatable bonds is 5. The molecule has 0 aliphatic carbocycles. The molecule has 1 unspecified atom stereocenters. The van der Waals surface area contributed by atoms with Gasteiger partial charge >= 0.3 is 0 Å². The van der Waals surface area contributed by atoms with E-state index in [9.17, 15) is 8.42 Å². The number of hydrogen-bond donors (Lipinski definition) is 2. The van der Waals surface area contributed by atoms with Crippen LogP contribution in [0.2, 0.25) is 0 Å². The van der Waals surface area contributed by atoms with Crippen molar-refractivity contribution in [3.63, 3.8) is 0 Å². The van der Waals surface area contributed by atoms with Gasteiger partial charge in [0.25, 0.3) is 0 Å². The molecule has 3 rings (SSSR count). The highest BCUT2D eigenvalue weighted by Crippen LogP contribution is 2.14. The van der Waals surface area contributed by atoms with Gasteiger partial charge in [0.15, 0.2) is 15.8 Å². The van der Waals surface area contributed by atoms with Crippen LogP contribution in [0.25, 0.3) is 0 Å². The van der Waals surface area contributed by atoms with Crippen LogP contribution in [0.4, 0.5) is 0 Å². The topological polar surface area (TPSA) is 97.0 Å². The Hall–Kier alpha value is -0.910. The van der Waals surface area contributed by atoms with E-state index < -0.39 is 9.84 Å². The maximum Gasteiger partial charge on any atom is 0.188 e. The predicted molar refractivity (Wildman–Crippen MR) is 118 cm³/mol. The van der Waals surface area contributed by atoms with Gasteiger partial charge in [-0.25, -0.2) is 8.42 Å². The molecular weight excluding hydrogens is 479 g/mol. The summed E-state index contributed by atoms with van der Waals surface area (Å²) in [6.45, 7) is 3.54. The number of piperidine rings is 1. The van der Waals surface area contributed by atoms with E-state index in [1.165, 1.54) is 5.56 Å². The van der Waals surface area contributed by atoms with Crippen LogP contribution < -0.4 is 11.1 Å². The fourth-order valence-corrected chi connectivity index (χ4v) is 4.68. The second-order valence-corrected chi connectivity index (χ2v) is 9.24. The van der Waals surface area contributed by atoms with Crippen molar-refractivity contribution < 1.29 is 13.2 Å². The average molecular weight is 508 g/mol. The summed E-state index contributed by atoms with van der Waals surface area (Å²) in [6, 6.07) is 10.8. The molecule has 7 nitrogen and oxygen atoms in total. The molecule has 0 bridgehead atoms. The van der Waals surface area contributed by atoms with Crippen molar-refractivity contribution in [2.75, 3.05) is 37.7 Å². The second-order valence-electron chi connectivity index (χ2n) is 7.01. The first-order valence-electron chi connectivity index (χ1n) is 9.15. The van der Waals surface area contributed by atoms with Gasteiger partial charge in [-0.1, -0.05) is 30.3 Å². The van der Waals surface area contributed by atoms with Gasteiger partial charge in [-0.05, 0) is 18.4 Å². The van der Waals surface area contributed by atoms with Crippen LogP contribution in [-0.2, 0) is 21.1 Å². The Morgan fingerprint density at radius 2 is 1.96 bits per heavy atom. The second kappa shape index (κ2) is 10.6. The number of hydrogen-bond acceptors (Lipinski definition) is 5. The van der Waals surface area contributed by atoms with E-state index in [1.807, 2.05) is 6.07 Å². The monoisotopic (exact) mass is 508 g/mol. The van der Waals surface area contributed by atoms with E-state index in [0.717, 1.165) is 32.5 Å². The van der Waals surface area contributed by atoms with E-state index in [-0.39, 0.29) is 54.7 Å². The molecule has 0 amide bonds. The Balaban J connectivity index is 0.00000261. The molecule has 2 heterocycles. The molecule has 2 fully saturated rings. The summed E-state index contributed by atoms with van der Waals surface area (Å²) in [5.41, 5.74) is 7.30. The molecule has 0 spiro atoms. The molecule has 0 saturated carbocycles. The summed E-state index contributed by atoms with van der Waals surface area (Å²) in [4.78, 5) is 6.72. The minimum Gasteiger partial charge on any atom is -0.374 e. The van der Waals surface area contributed by atoms with E-state index in [2.05, 4.69) is 39.5 Å². The van der Waals surface area contributed by atoms with Crippen molar-refractivity contribution in [2.24, 2.45) is 10.7 Å². The Morgan fingerprint density at radius 3 is 2.63 bits per heavy atom. The van der Waals surface area contributed by atoms with Gasteiger partial charge in [-0.3, -0.25) is 9.89 Å². The number of halogens is 1. The van der Waals surface area contributed by atoms with Crippen LogP contribution >= 0.6 is 24.0 Å². The van der Waals surface area contributed by atoms with Crippen LogP contribution in [0.3, 0.4) is 0 Å². The molecular formula is C18H29IN4O3S. The fraction of sp³-hybridized carbons (Fsp3) is 0.611. The molecule has 9 heteroatoms. The molecule has 3 N–H and O–H groups in total. The summed E-state index contributed by atoms with van der Waals surface area (Å²) in [5.74, 6) is 0.502. The molecule has 2 aliphatic rings. The fourth-order valence-electron chi connectivity index (χ4n) is 3.39. The smallest absolute Gasteiger partial charge is 0.188 e. The standard InChI is InChI=1S/C18H28N4O3S.HI/c19-18(20-12-17-14-26(23,24)11-10-25-17)21-16-6-8-22(9-7-16)13-15-4-2-1-3-5-15;/h1-5,16-17H,6-14H2,(H3,19,20,21);1H. The van der Waals surface area contributed by atoms with Gasteiger partial charge < -0.3 is 15.8 Å². The van der Waals surface area contributed by atoms with Gasteiger partial charge in [0, 0.05) is 25.7 Å². The zero-order valence-electron chi connectivity index (χ0n) is 15.4. The molecule has 152 valence electrons. The number of benzene rings is 1. The third-order valence-electron chi connectivity index (χ3n) is 4.84. The largest absolute Gasteiger partial charge is 0.374 e. The normalized spacial score (nSPS) is 24.1. The summed E-state index contributed by atoms with van der Waals surface area (Å²) in [6.07, 6.45) is 1.64. The summed E-state index contributed by atoms with van der Waals surface area (Å²) in [5, 5.41) is 3.26. The highest BCUT2D eigenvalue weighted by atomic mass is 127. The number of likely N-dealkylation sites (tertiary alicyclic amines) is 1. The van der Waals surface area contributed by atoms with Crippen molar-refractivity contribution in [1.82, 2.24) is 10.2 Å². The first-order chi connectivity index (χ1) is 12.5. The zero-order valence-corrected chi connectivity index (χ0v) is 18.6. The van der Waals surface area contributed by atoms with Crippen molar-refractivity contribution in [2.45, 2.75) is 31.5 Å². The first kappa shape index (κ1) is 22.4. The summed E-state index contributed by atoms with van der Waals surface area (Å²) in [7, 11) is -3.00. The van der Waals surface area contributed by atoms with Gasteiger partial charge in [0.1, 0.15) is 0 Å². The molecule has 0 radical (unpaired) electrons. The molecule has 2 aliphatic heterocycles. The lowest BCUT2D eigenvalue weighted by Crippen LogP contribution is -2.47. The van der Waals surface area contributed by atoms with Crippen molar-refractivity contribution >= 4 is 39.8 Å². The Labute approximate surface area is 178 Å². The van der Waals surface area contributed by atoms with E-state index >= 15 is 0 Å². The lowest BCUT2D eigenvalue weighted by molar-refractivity contribution is 0.0782. The molecule has 1 aromatic carbocycles. The lowest BCUT2D eigenvalue weighted by atomic mass is 10.0. The summed E-state index contributed by atoms with van der Waals surface area (Å²) < 4.78 is 28.7. The minimum absolute atomic E-state index is 0. The van der Waals surface area contributed by atoms with E-state index in [1.54, 1.807) is 0 Å². The van der Waals surface area contributed by atoms with Gasteiger partial charge in [-0.2, -0.15) is 0 Å². The zero-order chi connectivity index (χ0) is 18.4. The highest BCUT2D eigenvalue weighted by Gasteiger charge is 2.25. The van der Waals surface area contributed by atoms with Crippen LogP contribution in [0.15, 0.2) is 35.3 Å². The Morgan fingerprint density at radius 1 is 1.26 bits per heavy atom. The SMILES string of the molecule is I.NC(=NCC1CS(=O)(=O)CCO1)NC1CCN(Cc2ccccc2)CC1. The number of sulfone groups is 1. The van der Waals surface area contributed by atoms with Crippen LogP contribution in [-0.4, -0.2) is 69.2 Å². The highest BCUT2D eigenvalue weighted by molar-refractivity contribution is 14.0. The Kier molecular flexibility index (Phi) is 8.77. The van der Waals surface area contributed by atoms with E-state index in [0.29, 0.717) is 12.0 Å². The first-order valence-corrected chi connectivity index (χ1v) is 11.0. The molecule has 1 atom stereocenters. The van der Waals surface area contributed by atoms with Crippen molar-refractivity contribution in [3.8, 4) is 0 Å². The molecule has 1 aromatic rings. The van der Waals surface area contributed by atoms with Crippen LogP contribution in [0.1, 0.15) is 18.4 Å². The maximum atomic E-state index is 11.6. The predicted octanol–water partition coefficient (Wildman–Crippen LogP) is 0.987. The summed E-state index contributed by atoms with van der Waals surface area (Å²) >= 11 is 0. The van der Waals surface area contributed by atoms with Crippen LogP contribution in [0.5, 0.6) is 0 Å². The number of aliphatic imine (C=N–C) groups is 1. The minimum atomic E-state index is -3.00. The number of nitrogens with one attached hydrogen (secondary N) is 1. The van der Waals surface area contributed by atoms with Crippen LogP contribution in [0, 0.1) is 0 Å². The van der Waals surface area contributed by atoms with Gasteiger partial charge in [0.05, 0.1) is 30.8 Å². The molecule has 27 heavy (non-hydrogen) atoms. The average Bonchev–Trinajstić information content (AvgIpc) is 2.62. The van der Waals surface area contributed by atoms with Gasteiger partial charge in [0.2, 0.25) is 0 Å². The maximum absolute atomic E-state index is 11.6. The quantitative estimate of drug-likeness (QED) is 0.350. The number of nitrogens with two attached hydrogens (primary N) is 1. The van der Waals surface area contributed by atoms with Crippen molar-refractivity contribution in [1.29, 1.82) is 0 Å². The van der Waals surface area contributed by atoms with Gasteiger partial charge in [-0.15, -0.1) is 24.0 Å². The number of guanidine groups is 1. The molecule has 0 aromatic heterocycles. The van der Waals surface area contributed by atoms with E-state index in [4.69, 9.17) is 10.5 Å². The number of ether oxygens (including phenoxy) is 1. The molecule has 2 saturated heterocycles. The third kappa shape index (κ3) is 7.55.